The normalized spacial score (nSPS) is 12.3. The number of amides is 1. The number of hydrogen-bond donors (Lipinski definition) is 2. The third-order valence-electron chi connectivity index (χ3n) is 4.38. The first-order chi connectivity index (χ1) is 12.5. The van der Waals surface area contributed by atoms with Gasteiger partial charge < -0.3 is 25.3 Å². The second-order valence-electron chi connectivity index (χ2n) is 5.96. The van der Waals surface area contributed by atoms with E-state index in [4.69, 9.17) is 19.9 Å². The number of halogens is 1. The monoisotopic (exact) mass is 394 g/mol. The molecule has 2 atom stereocenters. The Bertz CT molecular complexity index is 740. The molecule has 0 bridgehead atoms. The van der Waals surface area contributed by atoms with Crippen molar-refractivity contribution >= 4 is 18.3 Å². The molecule has 0 fully saturated rings. The van der Waals surface area contributed by atoms with E-state index in [9.17, 15) is 4.79 Å². The summed E-state index contributed by atoms with van der Waals surface area (Å²) in [6, 6.07) is 12.7. The molecule has 27 heavy (non-hydrogen) atoms. The number of benzene rings is 2. The molecule has 0 saturated heterocycles. The predicted molar refractivity (Wildman–Crippen MR) is 108 cm³/mol. The molecule has 148 valence electrons. The van der Waals surface area contributed by atoms with Gasteiger partial charge in [0.1, 0.15) is 5.75 Å². The van der Waals surface area contributed by atoms with Gasteiger partial charge in [-0.15, -0.1) is 12.4 Å². The average molecular weight is 395 g/mol. The third kappa shape index (κ3) is 5.52. The Hall–Kier alpha value is -2.44. The highest BCUT2D eigenvalue weighted by atomic mass is 35.5. The largest absolute Gasteiger partial charge is 0.496 e. The Balaban J connectivity index is 0.00000364. The lowest BCUT2D eigenvalue weighted by atomic mass is 9.94. The average Bonchev–Trinajstić information content (AvgIpc) is 2.70. The Labute approximate surface area is 166 Å². The minimum absolute atomic E-state index is 0. The topological polar surface area (TPSA) is 82.8 Å². The minimum atomic E-state index is -0.372. The first kappa shape index (κ1) is 22.6. The summed E-state index contributed by atoms with van der Waals surface area (Å²) in [5.41, 5.74) is 7.95. The number of methoxy groups -OCH3 is 3. The Kier molecular flexibility index (Phi) is 8.91. The van der Waals surface area contributed by atoms with E-state index in [1.165, 1.54) is 0 Å². The van der Waals surface area contributed by atoms with E-state index >= 15 is 0 Å². The van der Waals surface area contributed by atoms with Crippen LogP contribution in [-0.4, -0.2) is 27.2 Å². The summed E-state index contributed by atoms with van der Waals surface area (Å²) in [5, 5.41) is 2.92. The van der Waals surface area contributed by atoms with Gasteiger partial charge in [-0.2, -0.15) is 0 Å². The standard InChI is InChI=1S/C20H26N2O4.ClH/c1-13(19(21)14-8-6-5-7-9-14)20(23)22-12-15-10-17(25-3)18(26-4)11-16(15)24-2;/h5-11,13,19H,12,21H2,1-4H3,(H,22,23);1H. The highest BCUT2D eigenvalue weighted by molar-refractivity contribution is 5.85. The highest BCUT2D eigenvalue weighted by Gasteiger charge is 2.22. The number of nitrogens with two attached hydrogens (primary N) is 1. The molecule has 0 aliphatic carbocycles. The van der Waals surface area contributed by atoms with E-state index < -0.39 is 0 Å². The first-order valence-corrected chi connectivity index (χ1v) is 8.39. The molecule has 0 radical (unpaired) electrons. The molecule has 0 saturated carbocycles. The van der Waals surface area contributed by atoms with Crippen molar-refractivity contribution in [3.63, 3.8) is 0 Å². The SMILES string of the molecule is COc1cc(OC)c(OC)cc1CNC(=O)C(C)C(N)c1ccccc1.Cl. The van der Waals surface area contributed by atoms with Crippen molar-refractivity contribution in [3.05, 3.63) is 53.6 Å². The van der Waals surface area contributed by atoms with E-state index in [2.05, 4.69) is 5.32 Å². The van der Waals surface area contributed by atoms with E-state index in [0.717, 1.165) is 11.1 Å². The minimum Gasteiger partial charge on any atom is -0.496 e. The van der Waals surface area contributed by atoms with Crippen molar-refractivity contribution in [1.82, 2.24) is 5.32 Å². The van der Waals surface area contributed by atoms with Gasteiger partial charge in [0.15, 0.2) is 11.5 Å². The van der Waals surface area contributed by atoms with Crippen LogP contribution in [0.15, 0.2) is 42.5 Å². The molecule has 3 N–H and O–H groups in total. The molecule has 2 rings (SSSR count). The zero-order chi connectivity index (χ0) is 19.1. The summed E-state index contributed by atoms with van der Waals surface area (Å²) in [4.78, 5) is 12.5. The van der Waals surface area contributed by atoms with Crippen LogP contribution in [0, 0.1) is 5.92 Å². The molecule has 1 amide bonds. The maximum absolute atomic E-state index is 12.5. The molecule has 2 aromatic rings. The highest BCUT2D eigenvalue weighted by Crippen LogP contribution is 2.34. The predicted octanol–water partition coefficient (Wildman–Crippen LogP) is 3.09. The summed E-state index contributed by atoms with van der Waals surface area (Å²) in [7, 11) is 4.69. The van der Waals surface area contributed by atoms with Crippen LogP contribution >= 0.6 is 12.4 Å². The van der Waals surface area contributed by atoms with Crippen LogP contribution in [0.2, 0.25) is 0 Å². The van der Waals surface area contributed by atoms with E-state index in [-0.39, 0.29) is 30.3 Å². The van der Waals surface area contributed by atoms with Gasteiger partial charge in [-0.3, -0.25) is 4.79 Å². The van der Waals surface area contributed by atoms with Gasteiger partial charge >= 0.3 is 0 Å². The van der Waals surface area contributed by atoms with Gasteiger partial charge in [0.25, 0.3) is 0 Å². The summed E-state index contributed by atoms with van der Waals surface area (Å²) >= 11 is 0. The fourth-order valence-corrected chi connectivity index (χ4v) is 2.70. The van der Waals surface area contributed by atoms with E-state index in [0.29, 0.717) is 23.8 Å². The molecule has 0 heterocycles. The van der Waals surface area contributed by atoms with Crippen LogP contribution < -0.4 is 25.3 Å². The fraction of sp³-hybridized carbons (Fsp3) is 0.350. The molecule has 0 aliphatic heterocycles. The van der Waals surface area contributed by atoms with E-state index in [1.54, 1.807) is 33.5 Å². The number of carbonyl (C=O) groups is 1. The summed E-state index contributed by atoms with van der Waals surface area (Å²) in [5.74, 6) is 1.26. The zero-order valence-electron chi connectivity index (χ0n) is 16.0. The van der Waals surface area contributed by atoms with Crippen molar-refractivity contribution in [1.29, 1.82) is 0 Å². The molecule has 2 unspecified atom stereocenters. The van der Waals surface area contributed by atoms with Crippen LogP contribution in [0.5, 0.6) is 17.2 Å². The van der Waals surface area contributed by atoms with Crippen molar-refractivity contribution in [2.75, 3.05) is 21.3 Å². The summed E-state index contributed by atoms with van der Waals surface area (Å²) < 4.78 is 16.0. The summed E-state index contributed by atoms with van der Waals surface area (Å²) in [6.07, 6.45) is 0. The molecular formula is C20H27ClN2O4. The van der Waals surface area contributed by atoms with Crippen LogP contribution in [0.4, 0.5) is 0 Å². The molecule has 0 aliphatic rings. The van der Waals surface area contributed by atoms with Gasteiger partial charge in [0.2, 0.25) is 5.91 Å². The van der Waals surface area contributed by atoms with Gasteiger partial charge in [0.05, 0.1) is 27.2 Å². The maximum atomic E-state index is 12.5. The van der Waals surface area contributed by atoms with Crippen molar-refractivity contribution in [3.8, 4) is 17.2 Å². The number of carbonyl (C=O) groups excluding carboxylic acids is 1. The second kappa shape index (κ2) is 10.6. The second-order valence-corrected chi connectivity index (χ2v) is 5.96. The Morgan fingerprint density at radius 1 is 1.00 bits per heavy atom. The van der Waals surface area contributed by atoms with Crippen LogP contribution in [0.1, 0.15) is 24.1 Å². The van der Waals surface area contributed by atoms with E-state index in [1.807, 2.05) is 37.3 Å². The number of rotatable bonds is 8. The lowest BCUT2D eigenvalue weighted by molar-refractivity contribution is -0.125. The van der Waals surface area contributed by atoms with Crippen LogP contribution in [0.25, 0.3) is 0 Å². The van der Waals surface area contributed by atoms with Crippen molar-refractivity contribution in [2.45, 2.75) is 19.5 Å². The van der Waals surface area contributed by atoms with Gasteiger partial charge in [0, 0.05) is 24.2 Å². The third-order valence-corrected chi connectivity index (χ3v) is 4.38. The summed E-state index contributed by atoms with van der Waals surface area (Å²) in [6.45, 7) is 2.12. The Morgan fingerprint density at radius 3 is 2.11 bits per heavy atom. The Morgan fingerprint density at radius 2 is 1.56 bits per heavy atom. The van der Waals surface area contributed by atoms with Crippen LogP contribution in [-0.2, 0) is 11.3 Å². The smallest absolute Gasteiger partial charge is 0.225 e. The number of nitrogens with one attached hydrogen (secondary N) is 1. The van der Waals surface area contributed by atoms with Gasteiger partial charge in [-0.1, -0.05) is 37.3 Å². The molecule has 0 spiro atoms. The molecule has 6 nitrogen and oxygen atoms in total. The van der Waals surface area contributed by atoms with Crippen molar-refractivity contribution in [2.24, 2.45) is 11.7 Å². The maximum Gasteiger partial charge on any atom is 0.225 e. The fourth-order valence-electron chi connectivity index (χ4n) is 2.70. The van der Waals surface area contributed by atoms with Crippen LogP contribution in [0.3, 0.4) is 0 Å². The van der Waals surface area contributed by atoms with Crippen molar-refractivity contribution < 1.29 is 19.0 Å². The molecule has 7 heteroatoms. The quantitative estimate of drug-likeness (QED) is 0.718. The molecular weight excluding hydrogens is 368 g/mol. The molecule has 0 aromatic heterocycles. The zero-order valence-corrected chi connectivity index (χ0v) is 16.8. The molecule has 2 aromatic carbocycles. The number of ether oxygens (including phenoxy) is 3. The first-order valence-electron chi connectivity index (χ1n) is 8.39. The lowest BCUT2D eigenvalue weighted by Crippen LogP contribution is -2.35. The lowest BCUT2D eigenvalue weighted by Gasteiger charge is -2.20. The van der Waals surface area contributed by atoms with Gasteiger partial charge in [-0.25, -0.2) is 0 Å². The number of hydrogen-bond acceptors (Lipinski definition) is 5. The van der Waals surface area contributed by atoms with Gasteiger partial charge in [-0.05, 0) is 11.6 Å².